The fraction of sp³-hybridized carbons (Fsp3) is 0.346. The Bertz CT molecular complexity index is 1760. The summed E-state index contributed by atoms with van der Waals surface area (Å²) in [5, 5.41) is 2.67. The van der Waals surface area contributed by atoms with Crippen molar-refractivity contribution in [1.82, 2.24) is 29.9 Å². The first-order valence-electron chi connectivity index (χ1n) is 20.7. The van der Waals surface area contributed by atoms with E-state index in [1.54, 1.807) is 24.9 Å². The molecule has 3 aromatic carbocycles. The minimum Gasteiger partial charge on any atom is -0.264 e. The van der Waals surface area contributed by atoms with Gasteiger partial charge in [-0.25, -0.2) is 19.9 Å². The lowest BCUT2D eigenvalue weighted by Gasteiger charge is -2.06. The molecule has 0 saturated carbocycles. The number of rotatable bonds is 6. The Balaban J connectivity index is 0.000000242. The maximum Gasteiger partial charge on any atom is 0.130 e. The Morgan fingerprint density at radius 2 is 0.845 bits per heavy atom. The van der Waals surface area contributed by atoms with Gasteiger partial charge in [0.15, 0.2) is 0 Å². The molecule has 0 amide bonds. The maximum absolute atomic E-state index is 4.18. The molecule has 0 N–H and O–H groups in total. The van der Waals surface area contributed by atoms with Crippen LogP contribution >= 0.6 is 0 Å². The summed E-state index contributed by atoms with van der Waals surface area (Å²) in [7, 11) is 0. The van der Waals surface area contributed by atoms with E-state index in [2.05, 4.69) is 186 Å². The van der Waals surface area contributed by atoms with Gasteiger partial charge in [-0.05, 0) is 86.9 Å². The molecule has 4 aromatic heterocycles. The number of fused-ring (bicyclic) bond motifs is 1. The zero-order chi connectivity index (χ0) is 42.7. The van der Waals surface area contributed by atoms with Crippen LogP contribution in [0.2, 0.25) is 0 Å². The van der Waals surface area contributed by atoms with Crippen LogP contribution in [0.4, 0.5) is 0 Å². The molecular formula is C52H68N6. The fourth-order valence-corrected chi connectivity index (χ4v) is 5.06. The molecule has 6 heteroatoms. The number of hydrogen-bond donors (Lipinski definition) is 0. The van der Waals surface area contributed by atoms with Crippen molar-refractivity contribution in [1.29, 1.82) is 0 Å². The van der Waals surface area contributed by atoms with Gasteiger partial charge in [-0.3, -0.25) is 9.97 Å². The van der Waals surface area contributed by atoms with Crippen LogP contribution in [0, 0.1) is 0 Å². The summed E-state index contributed by atoms with van der Waals surface area (Å²) in [5.41, 5.74) is 6.49. The van der Waals surface area contributed by atoms with E-state index in [9.17, 15) is 0 Å². The third kappa shape index (κ3) is 20.0. The maximum atomic E-state index is 4.18. The number of aromatic nitrogens is 6. The molecule has 0 spiro atoms. The third-order valence-corrected chi connectivity index (χ3v) is 8.89. The van der Waals surface area contributed by atoms with Crippen LogP contribution in [0.15, 0.2) is 159 Å². The summed E-state index contributed by atoms with van der Waals surface area (Å²) in [6.45, 7) is 25.9. The SMILES string of the molecule is CC(C)c1ccc2ccccc2c1.CC(C)c1ccccc1.CC(C)c1ccccn1.CC(C)c1cccnc1.CC(C)c1cncnc1.CC(C)c1ncccn1. The Hall–Kier alpha value is -5.62. The van der Waals surface area contributed by atoms with Crippen molar-refractivity contribution in [2.75, 3.05) is 0 Å². The number of hydrogen-bond acceptors (Lipinski definition) is 6. The van der Waals surface area contributed by atoms with E-state index >= 15 is 0 Å². The van der Waals surface area contributed by atoms with Crippen molar-refractivity contribution in [3.63, 3.8) is 0 Å². The topological polar surface area (TPSA) is 77.3 Å². The second-order valence-corrected chi connectivity index (χ2v) is 15.8. The van der Waals surface area contributed by atoms with Crippen molar-refractivity contribution in [2.24, 2.45) is 0 Å². The van der Waals surface area contributed by atoms with Gasteiger partial charge in [-0.1, -0.05) is 168 Å². The van der Waals surface area contributed by atoms with Crippen molar-refractivity contribution in [3.8, 4) is 0 Å². The van der Waals surface area contributed by atoms with E-state index in [0.29, 0.717) is 35.5 Å². The average Bonchev–Trinajstić information content (AvgIpc) is 3.26. The molecule has 0 aliphatic rings. The second kappa shape index (κ2) is 27.9. The van der Waals surface area contributed by atoms with Crippen LogP contribution in [0.3, 0.4) is 0 Å². The Morgan fingerprint density at radius 1 is 0.328 bits per heavy atom. The lowest BCUT2D eigenvalue weighted by Crippen LogP contribution is -1.93. The molecule has 7 aromatic rings. The molecule has 0 bridgehead atoms. The third-order valence-electron chi connectivity index (χ3n) is 8.89. The van der Waals surface area contributed by atoms with Crippen LogP contribution in [0.25, 0.3) is 10.8 Å². The fourth-order valence-electron chi connectivity index (χ4n) is 5.06. The molecule has 0 radical (unpaired) electrons. The van der Waals surface area contributed by atoms with Gasteiger partial charge in [0.1, 0.15) is 12.2 Å². The first-order valence-corrected chi connectivity index (χ1v) is 20.7. The number of benzene rings is 3. The first kappa shape index (κ1) is 48.5. The molecule has 0 atom stereocenters. The predicted molar refractivity (Wildman–Crippen MR) is 247 cm³/mol. The van der Waals surface area contributed by atoms with Gasteiger partial charge in [0.2, 0.25) is 0 Å². The van der Waals surface area contributed by atoms with Gasteiger partial charge in [-0.2, -0.15) is 0 Å². The summed E-state index contributed by atoms with van der Waals surface area (Å²) in [6.07, 6.45) is 14.3. The summed E-state index contributed by atoms with van der Waals surface area (Å²) in [6, 6.07) is 37.6. The van der Waals surface area contributed by atoms with Crippen LogP contribution in [-0.4, -0.2) is 29.9 Å². The lowest BCUT2D eigenvalue weighted by atomic mass is 9.99. The van der Waals surface area contributed by atoms with Gasteiger partial charge in [0, 0.05) is 55.0 Å². The molecule has 7 rings (SSSR count). The van der Waals surface area contributed by atoms with Gasteiger partial charge < -0.3 is 0 Å². The summed E-state index contributed by atoms with van der Waals surface area (Å²) in [5.74, 6) is 4.30. The Labute approximate surface area is 350 Å². The smallest absolute Gasteiger partial charge is 0.130 e. The van der Waals surface area contributed by atoms with E-state index in [1.807, 2.05) is 61.2 Å². The van der Waals surface area contributed by atoms with E-state index in [4.69, 9.17) is 0 Å². The van der Waals surface area contributed by atoms with Crippen LogP contribution in [0.5, 0.6) is 0 Å². The zero-order valence-electron chi connectivity index (χ0n) is 37.2. The summed E-state index contributed by atoms with van der Waals surface area (Å²) in [4.78, 5) is 24.1. The largest absolute Gasteiger partial charge is 0.264 e. The normalized spacial score (nSPS) is 10.3. The molecule has 0 aliphatic carbocycles. The van der Waals surface area contributed by atoms with E-state index < -0.39 is 0 Å². The van der Waals surface area contributed by atoms with Crippen molar-refractivity contribution < 1.29 is 0 Å². The van der Waals surface area contributed by atoms with Gasteiger partial charge in [0.05, 0.1) is 0 Å². The predicted octanol–water partition coefficient (Wildman–Crippen LogP) is 14.4. The quantitative estimate of drug-likeness (QED) is 0.167. The Morgan fingerprint density at radius 3 is 1.26 bits per heavy atom. The molecule has 0 fully saturated rings. The molecule has 0 saturated heterocycles. The number of pyridine rings is 2. The molecule has 306 valence electrons. The lowest BCUT2D eigenvalue weighted by molar-refractivity contribution is 0.774. The van der Waals surface area contributed by atoms with Crippen LogP contribution in [0.1, 0.15) is 152 Å². The van der Waals surface area contributed by atoms with E-state index in [0.717, 1.165) is 11.5 Å². The highest BCUT2D eigenvalue weighted by Gasteiger charge is 2.00. The first-order chi connectivity index (χ1) is 27.8. The summed E-state index contributed by atoms with van der Waals surface area (Å²) < 4.78 is 0. The minimum absolute atomic E-state index is 0.436. The molecule has 4 heterocycles. The minimum atomic E-state index is 0.436. The van der Waals surface area contributed by atoms with Gasteiger partial charge >= 0.3 is 0 Å². The van der Waals surface area contributed by atoms with Crippen molar-refractivity contribution >= 4 is 10.8 Å². The Kier molecular flexibility index (Phi) is 23.3. The van der Waals surface area contributed by atoms with E-state index in [-0.39, 0.29) is 0 Å². The molecule has 58 heavy (non-hydrogen) atoms. The van der Waals surface area contributed by atoms with Crippen LogP contribution in [-0.2, 0) is 0 Å². The highest BCUT2D eigenvalue weighted by atomic mass is 14.9. The molecular weight excluding hydrogens is 709 g/mol. The second-order valence-electron chi connectivity index (χ2n) is 15.8. The molecule has 6 nitrogen and oxygen atoms in total. The van der Waals surface area contributed by atoms with Gasteiger partial charge in [-0.15, -0.1) is 0 Å². The summed E-state index contributed by atoms with van der Waals surface area (Å²) >= 11 is 0. The standard InChI is InChI=1S/C13H14.C9H12.2C8H11N.2C7H10N2/c1-10(2)12-8-7-11-5-3-4-6-13(11)9-12;1-8(2)9-6-4-3-5-7-9;1-7(2)8-4-3-5-9-6-8;1-7(2)8-5-3-4-6-9-8;1-6(2)7-3-8-5-9-4-7;1-6(2)7-8-4-3-5-9-7/h3-10H,1-2H3;3-8H,1-2H3;2*3-7H,1-2H3;2*3-6H,1-2H3. The monoisotopic (exact) mass is 777 g/mol. The molecule has 0 aliphatic heterocycles. The average molecular weight is 777 g/mol. The highest BCUT2D eigenvalue weighted by molar-refractivity contribution is 5.83. The van der Waals surface area contributed by atoms with Gasteiger partial charge in [0.25, 0.3) is 0 Å². The van der Waals surface area contributed by atoms with E-state index in [1.165, 1.54) is 33.0 Å². The van der Waals surface area contributed by atoms with Crippen LogP contribution < -0.4 is 0 Å². The van der Waals surface area contributed by atoms with Crippen molar-refractivity contribution in [3.05, 3.63) is 193 Å². The molecule has 0 unspecified atom stereocenters. The van der Waals surface area contributed by atoms with Crippen molar-refractivity contribution in [2.45, 2.75) is 119 Å². The number of nitrogens with zero attached hydrogens (tertiary/aromatic N) is 6. The highest BCUT2D eigenvalue weighted by Crippen LogP contribution is 2.21. The zero-order valence-corrected chi connectivity index (χ0v) is 37.2.